The van der Waals surface area contributed by atoms with Crippen LogP contribution in [-0.4, -0.2) is 54.9 Å². The lowest BCUT2D eigenvalue weighted by molar-refractivity contribution is -0.0494. The lowest BCUT2D eigenvalue weighted by Crippen LogP contribution is -2.43. The van der Waals surface area contributed by atoms with E-state index in [1.54, 1.807) is 18.2 Å². The molecule has 1 aliphatic heterocycles. The fourth-order valence-electron chi connectivity index (χ4n) is 3.54. The molecule has 1 N–H and O–H groups in total. The highest BCUT2D eigenvalue weighted by atomic mass is 35.5. The molecule has 0 saturated carbocycles. The van der Waals surface area contributed by atoms with Crippen molar-refractivity contribution < 1.29 is 26.7 Å². The van der Waals surface area contributed by atoms with Crippen LogP contribution < -0.4 is 24.0 Å². The maximum Gasteiger partial charge on any atom is 0.387 e. The molecule has 7 nitrogen and oxygen atoms in total. The zero-order chi connectivity index (χ0) is 22.4. The summed E-state index contributed by atoms with van der Waals surface area (Å²) in [6.45, 7) is 1.85. The third kappa shape index (κ3) is 5.73. The molecule has 0 aliphatic carbocycles. The third-order valence-electron chi connectivity index (χ3n) is 4.97. The van der Waals surface area contributed by atoms with Crippen molar-refractivity contribution in [1.82, 2.24) is 5.32 Å². The van der Waals surface area contributed by atoms with Gasteiger partial charge in [0.2, 0.25) is 0 Å². The van der Waals surface area contributed by atoms with E-state index in [9.17, 15) is 17.2 Å². The molecule has 0 bridgehead atoms. The third-order valence-corrected chi connectivity index (χ3v) is 6.78. The summed E-state index contributed by atoms with van der Waals surface area (Å²) in [5.41, 5.74) is 0.753. The van der Waals surface area contributed by atoms with Crippen molar-refractivity contribution in [3.8, 4) is 11.5 Å². The number of nitrogens with one attached hydrogen (secondary N) is 1. The topological polar surface area (TPSA) is 71.1 Å². The minimum atomic E-state index is -4.05. The largest absolute Gasteiger partial charge is 0.495 e. The molecule has 2 aromatic carbocycles. The normalized spacial score (nSPS) is 14.1. The molecule has 0 amide bonds. The summed E-state index contributed by atoms with van der Waals surface area (Å²) in [6, 6.07) is 10.6. The summed E-state index contributed by atoms with van der Waals surface area (Å²) in [5.74, 6) is 0.384. The Morgan fingerprint density at radius 1 is 1.12 bits per heavy atom. The molecule has 11 heteroatoms. The molecule has 1 heterocycles. The van der Waals surface area contributed by atoms with Gasteiger partial charge in [-0.1, -0.05) is 19.1 Å². The Kier molecular flexibility index (Phi) is 9.35. The molecular weight excluding hydrogens is 464 g/mol. The van der Waals surface area contributed by atoms with Gasteiger partial charge in [-0.25, -0.2) is 8.42 Å². The second-order valence-corrected chi connectivity index (χ2v) is 8.86. The molecule has 1 saturated heterocycles. The van der Waals surface area contributed by atoms with Crippen LogP contribution in [-0.2, 0) is 10.0 Å². The van der Waals surface area contributed by atoms with Crippen LogP contribution in [0, 0.1) is 0 Å². The first-order chi connectivity index (χ1) is 14.9. The summed E-state index contributed by atoms with van der Waals surface area (Å²) in [5, 5.41) is 3.26. The van der Waals surface area contributed by atoms with Crippen LogP contribution in [0.25, 0.3) is 0 Å². The smallest absolute Gasteiger partial charge is 0.387 e. The van der Waals surface area contributed by atoms with E-state index in [1.807, 2.05) is 6.92 Å². The summed E-state index contributed by atoms with van der Waals surface area (Å²) >= 11 is 0. The van der Waals surface area contributed by atoms with Gasteiger partial charge >= 0.3 is 6.61 Å². The van der Waals surface area contributed by atoms with Crippen molar-refractivity contribution in [3.05, 3.63) is 42.5 Å². The van der Waals surface area contributed by atoms with Gasteiger partial charge in [0.1, 0.15) is 11.5 Å². The molecule has 0 spiro atoms. The fraction of sp³-hybridized carbons (Fsp3) is 0.429. The predicted octanol–water partition coefficient (Wildman–Crippen LogP) is 3.73. The molecule has 1 fully saturated rings. The number of piperazine rings is 1. The summed E-state index contributed by atoms with van der Waals surface area (Å²) in [7, 11) is -2.51. The second-order valence-electron chi connectivity index (χ2n) is 6.99. The Hall–Kier alpha value is -2.30. The van der Waals surface area contributed by atoms with Crippen LogP contribution in [0.2, 0.25) is 0 Å². The summed E-state index contributed by atoms with van der Waals surface area (Å²) < 4.78 is 64.2. The Labute approximate surface area is 193 Å². The average Bonchev–Trinajstić information content (AvgIpc) is 2.77. The van der Waals surface area contributed by atoms with E-state index in [4.69, 9.17) is 4.74 Å². The van der Waals surface area contributed by atoms with Gasteiger partial charge in [0.25, 0.3) is 10.0 Å². The number of nitrogens with zero attached hydrogens (tertiary/aromatic N) is 2. The van der Waals surface area contributed by atoms with Crippen LogP contribution in [0.4, 0.5) is 20.2 Å². The Morgan fingerprint density at radius 3 is 2.44 bits per heavy atom. The zero-order valence-corrected chi connectivity index (χ0v) is 19.6. The van der Waals surface area contributed by atoms with Gasteiger partial charge in [-0.15, -0.1) is 12.4 Å². The number of methoxy groups -OCH3 is 1. The van der Waals surface area contributed by atoms with Gasteiger partial charge in [-0.3, -0.25) is 4.31 Å². The van der Waals surface area contributed by atoms with E-state index in [-0.39, 0.29) is 35.3 Å². The van der Waals surface area contributed by atoms with Gasteiger partial charge in [0, 0.05) is 32.7 Å². The first-order valence-corrected chi connectivity index (χ1v) is 11.5. The van der Waals surface area contributed by atoms with Gasteiger partial charge in [-0.05, 0) is 36.8 Å². The van der Waals surface area contributed by atoms with Gasteiger partial charge in [-0.2, -0.15) is 8.78 Å². The van der Waals surface area contributed by atoms with Gasteiger partial charge < -0.3 is 19.7 Å². The molecule has 0 radical (unpaired) electrons. The molecular formula is C21H28ClF2N3O4S. The van der Waals surface area contributed by atoms with Crippen LogP contribution in [0.3, 0.4) is 0 Å². The first-order valence-electron chi connectivity index (χ1n) is 10.1. The second kappa shape index (κ2) is 11.5. The monoisotopic (exact) mass is 491 g/mol. The van der Waals surface area contributed by atoms with Crippen LogP contribution in [0.5, 0.6) is 11.5 Å². The van der Waals surface area contributed by atoms with Crippen molar-refractivity contribution in [2.24, 2.45) is 0 Å². The first kappa shape index (κ1) is 26.0. The molecule has 178 valence electrons. The number of hydrogen-bond acceptors (Lipinski definition) is 6. The number of para-hydroxylation sites is 2. The molecule has 2 aromatic rings. The lowest BCUT2D eigenvalue weighted by Gasteiger charge is -2.31. The zero-order valence-electron chi connectivity index (χ0n) is 18.0. The van der Waals surface area contributed by atoms with E-state index in [1.165, 1.54) is 31.4 Å². The number of hydrogen-bond donors (Lipinski definition) is 1. The number of ether oxygens (including phenoxy) is 2. The van der Waals surface area contributed by atoms with E-state index in [0.29, 0.717) is 30.9 Å². The maximum absolute atomic E-state index is 13.6. The highest BCUT2D eigenvalue weighted by Crippen LogP contribution is 2.36. The summed E-state index contributed by atoms with van der Waals surface area (Å²) in [4.78, 5) is 2.12. The minimum absolute atomic E-state index is 0. The Morgan fingerprint density at radius 2 is 1.81 bits per heavy atom. The lowest BCUT2D eigenvalue weighted by atomic mass is 10.2. The minimum Gasteiger partial charge on any atom is -0.495 e. The molecule has 32 heavy (non-hydrogen) atoms. The fourth-order valence-corrected chi connectivity index (χ4v) is 5.13. The SMILES string of the molecule is CCCN(c1ccccc1OC(F)F)S(=O)(=O)c1ccc(OC)c(N2CCNCC2)c1.Cl. The van der Waals surface area contributed by atoms with Crippen molar-refractivity contribution in [2.45, 2.75) is 24.9 Å². The number of alkyl halides is 2. The standard InChI is InChI=1S/C21H27F2N3O4S.ClH/c1-3-12-26(17-6-4-5-7-20(17)30-21(22)23)31(27,28)16-8-9-19(29-2)18(15-16)25-13-10-24-11-14-25;/h4-9,15,21,24H,3,10-14H2,1-2H3;1H. The molecule has 1 aliphatic rings. The van der Waals surface area contributed by atoms with Crippen molar-refractivity contribution >= 4 is 33.8 Å². The number of halogens is 3. The van der Waals surface area contributed by atoms with E-state index in [0.717, 1.165) is 17.4 Å². The van der Waals surface area contributed by atoms with Gasteiger partial charge in [0.05, 0.1) is 23.4 Å². The number of benzene rings is 2. The van der Waals surface area contributed by atoms with E-state index in [2.05, 4.69) is 15.0 Å². The number of anilines is 2. The van der Waals surface area contributed by atoms with Crippen molar-refractivity contribution in [1.29, 1.82) is 0 Å². The van der Waals surface area contributed by atoms with Crippen LogP contribution in [0.15, 0.2) is 47.4 Å². The molecule has 0 unspecified atom stereocenters. The Bertz CT molecular complexity index is 989. The van der Waals surface area contributed by atoms with Gasteiger partial charge in [0.15, 0.2) is 0 Å². The number of rotatable bonds is 9. The van der Waals surface area contributed by atoms with E-state index >= 15 is 0 Å². The maximum atomic E-state index is 13.6. The molecule has 3 rings (SSSR count). The molecule has 0 atom stereocenters. The van der Waals surface area contributed by atoms with Crippen LogP contribution >= 0.6 is 12.4 Å². The highest BCUT2D eigenvalue weighted by molar-refractivity contribution is 7.92. The van der Waals surface area contributed by atoms with E-state index < -0.39 is 16.6 Å². The van der Waals surface area contributed by atoms with Crippen molar-refractivity contribution in [3.63, 3.8) is 0 Å². The average molecular weight is 492 g/mol. The predicted molar refractivity (Wildman–Crippen MR) is 123 cm³/mol. The summed E-state index contributed by atoms with van der Waals surface area (Å²) in [6.07, 6.45) is 0.489. The quantitative estimate of drug-likeness (QED) is 0.576. The van der Waals surface area contributed by atoms with Crippen molar-refractivity contribution in [2.75, 3.05) is 49.0 Å². The number of sulfonamides is 1. The Balaban J connectivity index is 0.00000363. The highest BCUT2D eigenvalue weighted by Gasteiger charge is 2.29. The molecule has 0 aromatic heterocycles. The van der Waals surface area contributed by atoms with Crippen LogP contribution in [0.1, 0.15) is 13.3 Å².